The van der Waals surface area contributed by atoms with E-state index in [1.165, 1.54) is 0 Å². The van der Waals surface area contributed by atoms with E-state index >= 15 is 0 Å². The molecule has 0 bridgehead atoms. The molecule has 11 heteroatoms. The Kier molecular flexibility index (Phi) is 9.95. The maximum Gasteiger partial charge on any atom is 0.410 e. The number of amides is 2. The molecule has 1 aliphatic carbocycles. The first-order valence-corrected chi connectivity index (χ1v) is 17.5. The SMILES string of the molecule is COC[C@]1(O)CCCC[C@H]1n1cnc(C(=O)N2CCN(C(=O)OCc3ccccc3)C[C@H]2CCn2ncc3ccccc32)c1-c1ccccc1. The highest BCUT2D eigenvalue weighted by Crippen LogP contribution is 2.41. The first kappa shape index (κ1) is 33.5. The number of aromatic nitrogens is 4. The molecule has 3 heterocycles. The second-order valence-corrected chi connectivity index (χ2v) is 13.4. The highest BCUT2D eigenvalue weighted by molar-refractivity contribution is 5.98. The van der Waals surface area contributed by atoms with Crippen LogP contribution in [0.4, 0.5) is 4.79 Å². The number of carbonyl (C=O) groups is 2. The van der Waals surface area contributed by atoms with E-state index in [0.29, 0.717) is 50.4 Å². The quantitative estimate of drug-likeness (QED) is 0.195. The summed E-state index contributed by atoms with van der Waals surface area (Å²) in [7, 11) is 1.61. The van der Waals surface area contributed by atoms with Gasteiger partial charge in [0.1, 0.15) is 12.2 Å². The van der Waals surface area contributed by atoms with Crippen LogP contribution in [0.15, 0.2) is 97.5 Å². The van der Waals surface area contributed by atoms with Crippen molar-refractivity contribution in [3.8, 4) is 11.3 Å². The minimum Gasteiger partial charge on any atom is -0.445 e. The normalized spacial score (nSPS) is 21.0. The van der Waals surface area contributed by atoms with Gasteiger partial charge < -0.3 is 28.9 Å². The summed E-state index contributed by atoms with van der Waals surface area (Å²) >= 11 is 0. The topological polar surface area (TPSA) is 115 Å². The van der Waals surface area contributed by atoms with Crippen molar-refractivity contribution in [3.05, 3.63) is 109 Å². The van der Waals surface area contributed by atoms with E-state index in [9.17, 15) is 14.7 Å². The Hall–Kier alpha value is -5.00. The summed E-state index contributed by atoms with van der Waals surface area (Å²) in [5.74, 6) is -0.207. The summed E-state index contributed by atoms with van der Waals surface area (Å²) in [5.41, 5.74) is 2.70. The van der Waals surface area contributed by atoms with Crippen LogP contribution in [0.3, 0.4) is 0 Å². The average molecular weight is 677 g/mol. The van der Waals surface area contributed by atoms with Crippen molar-refractivity contribution in [1.29, 1.82) is 0 Å². The van der Waals surface area contributed by atoms with Crippen molar-refractivity contribution < 1.29 is 24.2 Å². The molecule has 5 aromatic rings. The Morgan fingerprint density at radius 1 is 0.960 bits per heavy atom. The monoisotopic (exact) mass is 676 g/mol. The molecule has 3 aromatic carbocycles. The molecule has 1 aliphatic heterocycles. The van der Waals surface area contributed by atoms with Crippen LogP contribution in [0.1, 0.15) is 54.2 Å². The molecule has 11 nitrogen and oxygen atoms in total. The van der Waals surface area contributed by atoms with Gasteiger partial charge in [0.25, 0.3) is 5.91 Å². The molecule has 0 spiro atoms. The molecule has 0 radical (unpaired) electrons. The summed E-state index contributed by atoms with van der Waals surface area (Å²) in [6.45, 7) is 1.90. The largest absolute Gasteiger partial charge is 0.445 e. The zero-order valence-electron chi connectivity index (χ0n) is 28.4. The number of ether oxygens (including phenoxy) is 2. The maximum absolute atomic E-state index is 14.8. The highest BCUT2D eigenvalue weighted by Gasteiger charge is 2.43. The van der Waals surface area contributed by atoms with Crippen LogP contribution in [-0.2, 0) is 22.6 Å². The zero-order chi connectivity index (χ0) is 34.5. The number of imidazole rings is 1. The fourth-order valence-electron chi connectivity index (χ4n) is 7.61. The first-order chi connectivity index (χ1) is 24.4. The van der Waals surface area contributed by atoms with E-state index < -0.39 is 11.7 Å². The van der Waals surface area contributed by atoms with Gasteiger partial charge in [0.2, 0.25) is 0 Å². The van der Waals surface area contributed by atoms with Crippen LogP contribution < -0.4 is 0 Å². The number of aryl methyl sites for hydroxylation is 1. The Morgan fingerprint density at radius 2 is 1.72 bits per heavy atom. The third-order valence-electron chi connectivity index (χ3n) is 10.2. The zero-order valence-corrected chi connectivity index (χ0v) is 28.4. The smallest absolute Gasteiger partial charge is 0.410 e. The molecule has 2 fully saturated rings. The Labute approximate surface area is 292 Å². The van der Waals surface area contributed by atoms with Gasteiger partial charge in [0.15, 0.2) is 5.69 Å². The number of para-hydroxylation sites is 1. The standard InChI is InChI=1S/C39H44N6O5/c1-49-27-39(48)20-11-10-18-34(39)44-28-40-35(36(44)30-14-6-3-7-15-30)37(46)43-23-22-42(38(47)50-26-29-12-4-2-5-13-29)25-32(43)19-21-45-33-17-9-8-16-31(33)24-41-45/h2-9,12-17,24,28,32,34,48H,10-11,18-23,25-27H2,1H3/t32-,34-,39-/m1/s1. The molecule has 1 N–H and O–H groups in total. The fraction of sp³-hybridized carbons (Fsp3) is 0.385. The number of hydrogen-bond donors (Lipinski definition) is 1. The number of methoxy groups -OCH3 is 1. The predicted octanol–water partition coefficient (Wildman–Crippen LogP) is 5.95. The van der Waals surface area contributed by atoms with Crippen molar-refractivity contribution in [1.82, 2.24) is 29.1 Å². The van der Waals surface area contributed by atoms with E-state index in [1.807, 2.05) is 105 Å². The van der Waals surface area contributed by atoms with Gasteiger partial charge in [-0.25, -0.2) is 9.78 Å². The summed E-state index contributed by atoms with van der Waals surface area (Å²) < 4.78 is 15.1. The van der Waals surface area contributed by atoms with Crippen LogP contribution in [0.5, 0.6) is 0 Å². The maximum atomic E-state index is 14.8. The summed E-state index contributed by atoms with van der Waals surface area (Å²) in [4.78, 5) is 36.4. The van der Waals surface area contributed by atoms with E-state index in [1.54, 1.807) is 18.3 Å². The third-order valence-corrected chi connectivity index (χ3v) is 10.2. The number of hydrogen-bond acceptors (Lipinski definition) is 7. The van der Waals surface area contributed by atoms with Crippen LogP contribution in [0, 0.1) is 0 Å². The molecule has 2 amide bonds. The number of rotatable bonds is 10. The summed E-state index contributed by atoms with van der Waals surface area (Å²) in [6, 6.07) is 26.8. The van der Waals surface area contributed by atoms with Crippen LogP contribution >= 0.6 is 0 Å². The molecule has 2 aromatic heterocycles. The number of piperazine rings is 1. The van der Waals surface area contributed by atoms with Gasteiger partial charge in [-0.3, -0.25) is 9.48 Å². The predicted molar refractivity (Wildman–Crippen MR) is 189 cm³/mol. The molecule has 1 saturated heterocycles. The third kappa shape index (κ3) is 6.88. The Morgan fingerprint density at radius 3 is 2.52 bits per heavy atom. The summed E-state index contributed by atoms with van der Waals surface area (Å²) in [5, 5.41) is 17.5. The van der Waals surface area contributed by atoms with Gasteiger partial charge in [-0.1, -0.05) is 91.7 Å². The minimum absolute atomic E-state index is 0.178. The van der Waals surface area contributed by atoms with Crippen molar-refractivity contribution in [2.45, 2.75) is 62.9 Å². The van der Waals surface area contributed by atoms with Crippen molar-refractivity contribution >= 4 is 22.9 Å². The lowest BCUT2D eigenvalue weighted by Gasteiger charge is -2.41. The lowest BCUT2D eigenvalue weighted by molar-refractivity contribution is -0.0893. The lowest BCUT2D eigenvalue weighted by Crippen LogP contribution is -2.57. The number of fused-ring (bicyclic) bond motifs is 1. The fourth-order valence-corrected chi connectivity index (χ4v) is 7.61. The number of benzene rings is 3. The molecule has 0 unspecified atom stereocenters. The Balaban J connectivity index is 1.19. The van der Waals surface area contributed by atoms with Gasteiger partial charge in [0.05, 0.1) is 42.4 Å². The molecule has 3 atom stereocenters. The average Bonchev–Trinajstić information content (AvgIpc) is 3.78. The van der Waals surface area contributed by atoms with E-state index in [-0.39, 0.29) is 31.2 Å². The molecule has 7 rings (SSSR count). The molecular weight excluding hydrogens is 632 g/mol. The van der Waals surface area contributed by atoms with E-state index in [0.717, 1.165) is 41.3 Å². The van der Waals surface area contributed by atoms with Gasteiger partial charge in [-0.15, -0.1) is 0 Å². The van der Waals surface area contributed by atoms with E-state index in [4.69, 9.17) is 14.5 Å². The molecular formula is C39H44N6O5. The first-order valence-electron chi connectivity index (χ1n) is 17.5. The van der Waals surface area contributed by atoms with Crippen LogP contribution in [-0.4, -0.2) is 91.2 Å². The molecule has 2 aliphatic rings. The lowest BCUT2D eigenvalue weighted by atomic mass is 9.80. The van der Waals surface area contributed by atoms with Gasteiger partial charge >= 0.3 is 6.09 Å². The number of carbonyl (C=O) groups excluding carboxylic acids is 2. The van der Waals surface area contributed by atoms with Gasteiger partial charge in [-0.05, 0) is 30.9 Å². The Bertz CT molecular complexity index is 1910. The number of nitrogens with zero attached hydrogens (tertiary/aromatic N) is 6. The van der Waals surface area contributed by atoms with Crippen molar-refractivity contribution in [2.75, 3.05) is 33.4 Å². The highest BCUT2D eigenvalue weighted by atomic mass is 16.6. The number of aliphatic hydroxyl groups is 1. The van der Waals surface area contributed by atoms with Crippen LogP contribution in [0.2, 0.25) is 0 Å². The molecule has 260 valence electrons. The van der Waals surface area contributed by atoms with Gasteiger partial charge in [0, 0.05) is 44.2 Å². The van der Waals surface area contributed by atoms with Gasteiger partial charge in [-0.2, -0.15) is 5.10 Å². The minimum atomic E-state index is -1.08. The second kappa shape index (κ2) is 14.9. The summed E-state index contributed by atoms with van der Waals surface area (Å²) in [6.07, 6.45) is 6.93. The van der Waals surface area contributed by atoms with Crippen molar-refractivity contribution in [2.24, 2.45) is 0 Å². The second-order valence-electron chi connectivity index (χ2n) is 13.4. The molecule has 1 saturated carbocycles. The molecule has 50 heavy (non-hydrogen) atoms. The van der Waals surface area contributed by atoms with Crippen LogP contribution in [0.25, 0.3) is 22.2 Å². The van der Waals surface area contributed by atoms with E-state index in [2.05, 4.69) is 5.10 Å². The van der Waals surface area contributed by atoms with Crippen molar-refractivity contribution in [3.63, 3.8) is 0 Å².